The van der Waals surface area contributed by atoms with Crippen molar-refractivity contribution in [1.82, 2.24) is 5.32 Å². The fourth-order valence-electron chi connectivity index (χ4n) is 2.56. The molecule has 1 aliphatic carbocycles. The van der Waals surface area contributed by atoms with Crippen LogP contribution < -0.4 is 5.32 Å². The molecule has 100 valence electrons. The number of nitrogens with one attached hydrogen (secondary N) is 1. The van der Waals surface area contributed by atoms with Crippen LogP contribution in [0.2, 0.25) is 0 Å². The highest BCUT2D eigenvalue weighted by Crippen LogP contribution is 2.24. The Balaban J connectivity index is 1.59. The molecule has 1 fully saturated rings. The van der Waals surface area contributed by atoms with E-state index in [0.29, 0.717) is 18.1 Å². The van der Waals surface area contributed by atoms with Crippen LogP contribution in [0.3, 0.4) is 0 Å². The van der Waals surface area contributed by atoms with Crippen LogP contribution in [-0.2, 0) is 4.74 Å². The second-order valence-corrected chi connectivity index (χ2v) is 5.30. The first kappa shape index (κ1) is 13.6. The van der Waals surface area contributed by atoms with Crippen LogP contribution in [-0.4, -0.2) is 25.3 Å². The lowest BCUT2D eigenvalue weighted by Crippen LogP contribution is -2.45. The second-order valence-electron chi connectivity index (χ2n) is 5.30. The fourth-order valence-corrected chi connectivity index (χ4v) is 2.56. The molecule has 0 aliphatic heterocycles. The minimum Gasteiger partial charge on any atom is -0.378 e. The molecule has 1 aromatic rings. The molecule has 1 unspecified atom stereocenters. The lowest BCUT2D eigenvalue weighted by molar-refractivity contribution is -0.00979. The van der Waals surface area contributed by atoms with Crippen LogP contribution in [0.15, 0.2) is 30.3 Å². The maximum Gasteiger partial charge on any atom is 0.0604 e. The summed E-state index contributed by atoms with van der Waals surface area (Å²) in [5.74, 6) is 0.640. The van der Waals surface area contributed by atoms with Crippen LogP contribution in [0, 0.1) is 0 Å². The first-order chi connectivity index (χ1) is 8.79. The standard InChI is InChI=1S/C16H25NO/c1-3-18-16-11-15(12-16)17-10-9-13(2)14-7-5-4-6-8-14/h4-8,13,15-17H,3,9-12H2,1-2H3. The Labute approximate surface area is 111 Å². The highest BCUT2D eigenvalue weighted by molar-refractivity contribution is 5.18. The van der Waals surface area contributed by atoms with E-state index in [0.717, 1.165) is 13.2 Å². The van der Waals surface area contributed by atoms with Crippen molar-refractivity contribution in [1.29, 1.82) is 0 Å². The molecule has 2 rings (SSSR count). The van der Waals surface area contributed by atoms with Crippen molar-refractivity contribution >= 4 is 0 Å². The number of hydrogen-bond acceptors (Lipinski definition) is 2. The summed E-state index contributed by atoms with van der Waals surface area (Å²) in [7, 11) is 0. The molecule has 0 amide bonds. The first-order valence-corrected chi connectivity index (χ1v) is 7.19. The van der Waals surface area contributed by atoms with E-state index in [2.05, 4.69) is 49.5 Å². The van der Waals surface area contributed by atoms with Crippen molar-refractivity contribution in [3.05, 3.63) is 35.9 Å². The first-order valence-electron chi connectivity index (χ1n) is 7.19. The molecule has 0 spiro atoms. The van der Waals surface area contributed by atoms with Gasteiger partial charge in [-0.3, -0.25) is 0 Å². The molecule has 18 heavy (non-hydrogen) atoms. The van der Waals surface area contributed by atoms with E-state index in [9.17, 15) is 0 Å². The van der Waals surface area contributed by atoms with Crippen LogP contribution in [0.1, 0.15) is 44.6 Å². The van der Waals surface area contributed by atoms with Crippen molar-refractivity contribution in [2.45, 2.75) is 51.2 Å². The maximum absolute atomic E-state index is 5.56. The topological polar surface area (TPSA) is 21.3 Å². The third-order valence-electron chi connectivity index (χ3n) is 3.88. The lowest BCUT2D eigenvalue weighted by atomic mass is 9.89. The lowest BCUT2D eigenvalue weighted by Gasteiger charge is -2.35. The van der Waals surface area contributed by atoms with E-state index in [-0.39, 0.29) is 0 Å². The monoisotopic (exact) mass is 247 g/mol. The number of hydrogen-bond donors (Lipinski definition) is 1. The van der Waals surface area contributed by atoms with E-state index >= 15 is 0 Å². The van der Waals surface area contributed by atoms with E-state index < -0.39 is 0 Å². The summed E-state index contributed by atoms with van der Waals surface area (Å²) in [6.45, 7) is 6.34. The quantitative estimate of drug-likeness (QED) is 0.798. The van der Waals surface area contributed by atoms with Gasteiger partial charge in [-0.1, -0.05) is 37.3 Å². The van der Waals surface area contributed by atoms with Crippen molar-refractivity contribution in [2.75, 3.05) is 13.2 Å². The molecule has 1 aliphatic rings. The largest absolute Gasteiger partial charge is 0.378 e. The summed E-state index contributed by atoms with van der Waals surface area (Å²) >= 11 is 0. The smallest absolute Gasteiger partial charge is 0.0604 e. The molecule has 0 radical (unpaired) electrons. The average Bonchev–Trinajstić information content (AvgIpc) is 2.36. The van der Waals surface area contributed by atoms with Gasteiger partial charge in [-0.2, -0.15) is 0 Å². The summed E-state index contributed by atoms with van der Waals surface area (Å²) in [5, 5.41) is 3.63. The summed E-state index contributed by atoms with van der Waals surface area (Å²) < 4.78 is 5.56. The molecule has 1 atom stereocenters. The zero-order valence-electron chi connectivity index (χ0n) is 11.6. The van der Waals surface area contributed by atoms with Crippen LogP contribution in [0.5, 0.6) is 0 Å². The molecule has 0 heterocycles. The van der Waals surface area contributed by atoms with Gasteiger partial charge in [0.1, 0.15) is 0 Å². The van der Waals surface area contributed by atoms with Gasteiger partial charge in [-0.25, -0.2) is 0 Å². The SMILES string of the molecule is CCOC1CC(NCCC(C)c2ccccc2)C1. The maximum atomic E-state index is 5.56. The average molecular weight is 247 g/mol. The van der Waals surface area contributed by atoms with E-state index in [1.807, 2.05) is 0 Å². The molecule has 2 nitrogen and oxygen atoms in total. The van der Waals surface area contributed by atoms with Gasteiger partial charge in [-0.15, -0.1) is 0 Å². The molecular weight excluding hydrogens is 222 g/mol. The van der Waals surface area contributed by atoms with Gasteiger partial charge >= 0.3 is 0 Å². The molecule has 0 bridgehead atoms. The Kier molecular flexibility index (Phi) is 5.21. The Hall–Kier alpha value is -0.860. The molecular formula is C16H25NO. The molecule has 1 N–H and O–H groups in total. The summed E-state index contributed by atoms with van der Waals surface area (Å²) in [6, 6.07) is 11.5. The van der Waals surface area contributed by atoms with Crippen LogP contribution in [0.4, 0.5) is 0 Å². The third-order valence-corrected chi connectivity index (χ3v) is 3.88. The van der Waals surface area contributed by atoms with E-state index in [4.69, 9.17) is 4.74 Å². The third kappa shape index (κ3) is 3.82. The second kappa shape index (κ2) is 6.91. The van der Waals surface area contributed by atoms with Crippen molar-refractivity contribution in [3.63, 3.8) is 0 Å². The van der Waals surface area contributed by atoms with Crippen molar-refractivity contribution in [2.24, 2.45) is 0 Å². The molecule has 0 aromatic heterocycles. The molecule has 2 heteroatoms. The van der Waals surface area contributed by atoms with Gasteiger partial charge in [0.15, 0.2) is 0 Å². The summed E-state index contributed by atoms with van der Waals surface area (Å²) in [5.41, 5.74) is 1.44. The van der Waals surface area contributed by atoms with Crippen LogP contribution >= 0.6 is 0 Å². The number of rotatable bonds is 7. The minimum atomic E-state index is 0.513. The predicted molar refractivity (Wildman–Crippen MR) is 75.9 cm³/mol. The molecule has 0 saturated heterocycles. The van der Waals surface area contributed by atoms with Crippen molar-refractivity contribution in [3.8, 4) is 0 Å². The number of ether oxygens (including phenoxy) is 1. The molecule has 1 saturated carbocycles. The Morgan fingerprint density at radius 1 is 1.28 bits per heavy atom. The predicted octanol–water partition coefficient (Wildman–Crippen LogP) is 3.34. The fraction of sp³-hybridized carbons (Fsp3) is 0.625. The highest BCUT2D eigenvalue weighted by Gasteiger charge is 2.28. The number of benzene rings is 1. The van der Waals surface area contributed by atoms with Gasteiger partial charge in [0.05, 0.1) is 6.10 Å². The van der Waals surface area contributed by atoms with E-state index in [1.165, 1.54) is 24.8 Å². The minimum absolute atomic E-state index is 0.513. The molecule has 1 aromatic carbocycles. The van der Waals surface area contributed by atoms with Crippen LogP contribution in [0.25, 0.3) is 0 Å². The van der Waals surface area contributed by atoms with Gasteiger partial charge in [-0.05, 0) is 44.2 Å². The van der Waals surface area contributed by atoms with Gasteiger partial charge in [0.25, 0.3) is 0 Å². The summed E-state index contributed by atoms with van der Waals surface area (Å²) in [6.07, 6.45) is 4.10. The van der Waals surface area contributed by atoms with Gasteiger partial charge in [0.2, 0.25) is 0 Å². The normalized spacial score (nSPS) is 24.6. The summed E-state index contributed by atoms with van der Waals surface area (Å²) in [4.78, 5) is 0. The van der Waals surface area contributed by atoms with E-state index in [1.54, 1.807) is 0 Å². The Morgan fingerprint density at radius 3 is 2.67 bits per heavy atom. The zero-order chi connectivity index (χ0) is 12.8. The highest BCUT2D eigenvalue weighted by atomic mass is 16.5. The zero-order valence-corrected chi connectivity index (χ0v) is 11.6. The van der Waals surface area contributed by atoms with Gasteiger partial charge < -0.3 is 10.1 Å². The van der Waals surface area contributed by atoms with Crippen molar-refractivity contribution < 1.29 is 4.74 Å². The Bertz CT molecular complexity index is 332. The van der Waals surface area contributed by atoms with Gasteiger partial charge in [0, 0.05) is 12.6 Å². The Morgan fingerprint density at radius 2 is 2.00 bits per heavy atom.